The van der Waals surface area contributed by atoms with Crippen LogP contribution in [0.15, 0.2) is 65.6 Å². The molecule has 1 saturated heterocycles. The Labute approximate surface area is 224 Å². The fraction of sp³-hybridized carbons (Fsp3) is 0.0800. The van der Waals surface area contributed by atoms with Gasteiger partial charge in [-0.1, -0.05) is 23.2 Å². The molecule has 0 aliphatic carbocycles. The maximum Gasteiger partial charge on any atom is 0.336 e. The van der Waals surface area contributed by atoms with E-state index in [0.717, 1.165) is 23.1 Å². The minimum Gasteiger partial charge on any atom is -0.478 e. The molecule has 188 valence electrons. The summed E-state index contributed by atoms with van der Waals surface area (Å²) in [5, 5.41) is 20.9. The highest BCUT2D eigenvalue weighted by Crippen LogP contribution is 2.36. The fourth-order valence-electron chi connectivity index (χ4n) is 3.62. The van der Waals surface area contributed by atoms with Crippen LogP contribution in [0.4, 0.5) is 11.4 Å². The van der Waals surface area contributed by atoms with E-state index in [9.17, 15) is 29.1 Å². The molecule has 0 radical (unpaired) electrons. The van der Waals surface area contributed by atoms with Gasteiger partial charge in [0.2, 0.25) is 11.8 Å². The highest BCUT2D eigenvalue weighted by Gasteiger charge is 2.40. The number of anilines is 2. The van der Waals surface area contributed by atoms with E-state index >= 15 is 0 Å². The van der Waals surface area contributed by atoms with Crippen molar-refractivity contribution in [1.29, 1.82) is 0 Å². The number of carbonyl (C=O) groups excluding carboxylic acids is 3. The Bertz CT molecular complexity index is 1460. The number of carboxylic acids is 2. The summed E-state index contributed by atoms with van der Waals surface area (Å²) in [5.74, 6) is -4.24. The lowest BCUT2D eigenvalue weighted by atomic mass is 10.0. The van der Waals surface area contributed by atoms with Gasteiger partial charge in [0.15, 0.2) is 0 Å². The van der Waals surface area contributed by atoms with Crippen molar-refractivity contribution in [2.45, 2.75) is 16.6 Å². The van der Waals surface area contributed by atoms with Gasteiger partial charge in [-0.15, -0.1) is 11.8 Å². The molecule has 3 aromatic carbocycles. The number of carboxylic acid groups (broad SMARTS) is 2. The Kier molecular flexibility index (Phi) is 7.53. The number of aromatic carboxylic acids is 2. The molecule has 0 spiro atoms. The molecule has 4 rings (SSSR count). The van der Waals surface area contributed by atoms with Crippen LogP contribution in [-0.2, 0) is 9.59 Å². The first-order valence-corrected chi connectivity index (χ1v) is 12.2. The second kappa shape index (κ2) is 10.6. The standard InChI is InChI=1S/C25H16Cl2N2O7S/c26-18-8-4-14(10-19(18)27)29-21(30)11-20(23(29)32)37-15-5-2-13(3-6-15)28-22(31)17-9-12(24(33)34)1-7-16(17)25(35)36/h1-10,20H,11H2,(H,28,31)(H,33,34)(H,35,36)/t20-/m1/s1. The van der Waals surface area contributed by atoms with Crippen LogP contribution < -0.4 is 10.2 Å². The molecule has 3 amide bonds. The monoisotopic (exact) mass is 558 g/mol. The number of carbonyl (C=O) groups is 5. The van der Waals surface area contributed by atoms with Crippen molar-refractivity contribution >= 4 is 76.0 Å². The van der Waals surface area contributed by atoms with Crippen LogP contribution in [0.25, 0.3) is 0 Å². The first kappa shape index (κ1) is 26.2. The Morgan fingerprint density at radius 1 is 0.865 bits per heavy atom. The molecule has 0 unspecified atom stereocenters. The van der Waals surface area contributed by atoms with Crippen LogP contribution in [-0.4, -0.2) is 45.1 Å². The van der Waals surface area contributed by atoms with Gasteiger partial charge in [-0.25, -0.2) is 14.5 Å². The highest BCUT2D eigenvalue weighted by atomic mass is 35.5. The van der Waals surface area contributed by atoms with Gasteiger partial charge in [0, 0.05) is 17.0 Å². The summed E-state index contributed by atoms with van der Waals surface area (Å²) < 4.78 is 0. The zero-order chi connectivity index (χ0) is 26.9. The molecule has 1 heterocycles. The van der Waals surface area contributed by atoms with Gasteiger partial charge in [-0.05, 0) is 60.7 Å². The Balaban J connectivity index is 1.46. The molecule has 12 heteroatoms. The van der Waals surface area contributed by atoms with Crippen LogP contribution in [0.2, 0.25) is 10.0 Å². The van der Waals surface area contributed by atoms with E-state index < -0.39 is 29.0 Å². The normalized spacial score (nSPS) is 15.1. The maximum absolute atomic E-state index is 12.9. The van der Waals surface area contributed by atoms with Crippen LogP contribution in [0.3, 0.4) is 0 Å². The Hall–Kier alpha value is -3.86. The molecule has 0 bridgehead atoms. The van der Waals surface area contributed by atoms with Crippen LogP contribution in [0.5, 0.6) is 0 Å². The number of imide groups is 1. The van der Waals surface area contributed by atoms with Crippen molar-refractivity contribution in [3.63, 3.8) is 0 Å². The van der Waals surface area contributed by atoms with E-state index in [1.54, 1.807) is 24.3 Å². The van der Waals surface area contributed by atoms with Crippen molar-refractivity contribution < 1.29 is 34.2 Å². The smallest absolute Gasteiger partial charge is 0.336 e. The number of nitrogens with one attached hydrogen (secondary N) is 1. The van der Waals surface area contributed by atoms with E-state index in [1.807, 2.05) is 0 Å². The Morgan fingerprint density at radius 2 is 1.57 bits per heavy atom. The third-order valence-electron chi connectivity index (χ3n) is 5.40. The van der Waals surface area contributed by atoms with Gasteiger partial charge < -0.3 is 15.5 Å². The lowest BCUT2D eigenvalue weighted by Crippen LogP contribution is -2.31. The second-order valence-electron chi connectivity index (χ2n) is 7.83. The molecule has 0 saturated carbocycles. The van der Waals surface area contributed by atoms with E-state index in [1.165, 1.54) is 30.0 Å². The molecule has 3 aromatic rings. The lowest BCUT2D eigenvalue weighted by molar-refractivity contribution is -0.121. The van der Waals surface area contributed by atoms with Gasteiger partial charge >= 0.3 is 11.9 Å². The van der Waals surface area contributed by atoms with Crippen molar-refractivity contribution in [3.05, 3.63) is 87.4 Å². The Morgan fingerprint density at radius 3 is 2.19 bits per heavy atom. The molecule has 1 aliphatic heterocycles. The average molecular weight is 559 g/mol. The summed E-state index contributed by atoms with van der Waals surface area (Å²) >= 11 is 13.1. The molecule has 3 N–H and O–H groups in total. The third-order valence-corrected chi connectivity index (χ3v) is 7.33. The van der Waals surface area contributed by atoms with Gasteiger partial charge in [0.05, 0.1) is 37.7 Å². The number of thioether (sulfide) groups is 1. The van der Waals surface area contributed by atoms with E-state index in [2.05, 4.69) is 5.32 Å². The van der Waals surface area contributed by atoms with Crippen LogP contribution in [0.1, 0.15) is 37.5 Å². The second-order valence-corrected chi connectivity index (χ2v) is 9.92. The molecule has 1 atom stereocenters. The summed E-state index contributed by atoms with van der Waals surface area (Å²) in [7, 11) is 0. The summed E-state index contributed by atoms with van der Waals surface area (Å²) in [5.41, 5.74) is -0.225. The molecule has 1 fully saturated rings. The number of benzene rings is 3. The molecular formula is C25H16Cl2N2O7S. The summed E-state index contributed by atoms with van der Waals surface area (Å²) in [6, 6.07) is 14.0. The highest BCUT2D eigenvalue weighted by molar-refractivity contribution is 8.00. The number of nitrogens with zero attached hydrogens (tertiary/aromatic N) is 1. The molecule has 37 heavy (non-hydrogen) atoms. The molecule has 0 aromatic heterocycles. The minimum atomic E-state index is -1.38. The summed E-state index contributed by atoms with van der Waals surface area (Å²) in [6.07, 6.45) is -0.0138. The van der Waals surface area contributed by atoms with Crippen molar-refractivity contribution in [3.8, 4) is 0 Å². The van der Waals surface area contributed by atoms with Crippen LogP contribution >= 0.6 is 35.0 Å². The largest absolute Gasteiger partial charge is 0.478 e. The fourth-order valence-corrected chi connectivity index (χ4v) is 4.97. The summed E-state index contributed by atoms with van der Waals surface area (Å²) in [4.78, 5) is 62.5. The number of rotatable bonds is 7. The van der Waals surface area contributed by atoms with Gasteiger partial charge in [0.1, 0.15) is 0 Å². The lowest BCUT2D eigenvalue weighted by Gasteiger charge is -2.15. The molecule has 9 nitrogen and oxygen atoms in total. The molecule has 1 aliphatic rings. The zero-order valence-corrected chi connectivity index (χ0v) is 20.9. The number of halogens is 2. The van der Waals surface area contributed by atoms with Gasteiger partial charge in [-0.2, -0.15) is 0 Å². The predicted octanol–water partition coefficient (Wildman–Crippen LogP) is 5.07. The summed E-state index contributed by atoms with van der Waals surface area (Å²) in [6.45, 7) is 0. The van der Waals surface area contributed by atoms with Gasteiger partial charge in [-0.3, -0.25) is 14.4 Å². The van der Waals surface area contributed by atoms with Crippen molar-refractivity contribution in [2.24, 2.45) is 0 Å². The number of hydrogen-bond donors (Lipinski definition) is 3. The first-order valence-electron chi connectivity index (χ1n) is 10.6. The zero-order valence-electron chi connectivity index (χ0n) is 18.6. The van der Waals surface area contributed by atoms with Crippen molar-refractivity contribution in [2.75, 3.05) is 10.2 Å². The van der Waals surface area contributed by atoms with Gasteiger partial charge in [0.25, 0.3) is 5.91 Å². The SMILES string of the molecule is O=C(O)c1ccc(C(=O)O)c(C(=O)Nc2ccc(S[C@@H]3CC(=O)N(c4ccc(Cl)c(Cl)c4)C3=O)cc2)c1. The quantitative estimate of drug-likeness (QED) is 0.341. The number of amides is 3. The minimum absolute atomic E-state index is 0.0138. The first-order chi connectivity index (χ1) is 17.5. The topological polar surface area (TPSA) is 141 Å². The van der Waals surface area contributed by atoms with Crippen LogP contribution in [0, 0.1) is 0 Å². The number of hydrogen-bond acceptors (Lipinski definition) is 6. The predicted molar refractivity (Wildman–Crippen MR) is 138 cm³/mol. The maximum atomic E-state index is 12.9. The van der Waals surface area contributed by atoms with E-state index in [4.69, 9.17) is 28.3 Å². The van der Waals surface area contributed by atoms with E-state index in [0.29, 0.717) is 21.3 Å². The van der Waals surface area contributed by atoms with Crippen molar-refractivity contribution in [1.82, 2.24) is 0 Å². The third kappa shape index (κ3) is 5.61. The average Bonchev–Trinajstić information content (AvgIpc) is 3.14. The van der Waals surface area contributed by atoms with E-state index in [-0.39, 0.29) is 34.0 Å². The molecular weight excluding hydrogens is 543 g/mol.